The van der Waals surface area contributed by atoms with E-state index in [9.17, 15) is 9.13 Å². The molecule has 0 aliphatic heterocycles. The Bertz CT molecular complexity index is 468. The summed E-state index contributed by atoms with van der Waals surface area (Å²) < 4.78 is 22.1. The van der Waals surface area contributed by atoms with Crippen molar-refractivity contribution in [2.45, 2.75) is 25.2 Å². The van der Waals surface area contributed by atoms with Crippen LogP contribution in [0.5, 0.6) is 0 Å². The Hall–Kier alpha value is -0.550. The number of hydrogen-bond donors (Lipinski definition) is 4. The van der Waals surface area contributed by atoms with Gasteiger partial charge in [0.05, 0.1) is 0 Å². The maximum Gasteiger partial charge on any atom is 0.340 e. The van der Waals surface area contributed by atoms with Crippen molar-refractivity contribution in [1.82, 2.24) is 4.98 Å². The van der Waals surface area contributed by atoms with E-state index in [1.165, 1.54) is 0 Å². The molecule has 18 heavy (non-hydrogen) atoms. The molecule has 0 radical (unpaired) electrons. The van der Waals surface area contributed by atoms with E-state index in [2.05, 4.69) is 4.98 Å². The molecular formula is C9H15NO6P2. The molecule has 4 N–H and O–H groups in total. The minimum Gasteiger partial charge on any atom is -0.324 e. The summed E-state index contributed by atoms with van der Waals surface area (Å²) in [7, 11) is -9.67. The predicted octanol–water partition coefficient (Wildman–Crippen LogP) is 1.00. The number of aryl methyl sites for hydroxylation is 2. The lowest BCUT2D eigenvalue weighted by molar-refractivity contribution is 0.335. The number of pyridine rings is 1. The maximum absolute atomic E-state index is 11.0. The van der Waals surface area contributed by atoms with Gasteiger partial charge in [0.1, 0.15) is 0 Å². The third kappa shape index (κ3) is 4.61. The molecule has 0 aromatic carbocycles. The molecule has 0 spiro atoms. The SMILES string of the molecule is Cc1ccc(CCC(P(=O)(O)O)P(=O)(O)O)nc1. The summed E-state index contributed by atoms with van der Waals surface area (Å²) in [6, 6.07) is 3.43. The number of hydrogen-bond acceptors (Lipinski definition) is 3. The standard InChI is InChI=1S/C9H15NO6P2/c1-7-2-3-8(10-6-7)4-5-9(17(11,12)13)18(14,15)16/h2-3,6,9H,4-5H2,1H3,(H2,11,12,13)(H2,14,15,16). The van der Waals surface area contributed by atoms with E-state index in [0.29, 0.717) is 5.69 Å². The molecule has 1 aromatic rings. The Morgan fingerprint density at radius 1 is 1.17 bits per heavy atom. The average molecular weight is 295 g/mol. The molecule has 102 valence electrons. The van der Waals surface area contributed by atoms with Crippen LogP contribution >= 0.6 is 15.2 Å². The second-order valence-corrected chi connectivity index (χ2v) is 8.03. The molecule has 7 nitrogen and oxygen atoms in total. The molecule has 9 heteroatoms. The molecule has 1 heterocycles. The van der Waals surface area contributed by atoms with Crippen LogP contribution in [-0.4, -0.2) is 30.0 Å². The normalized spacial score (nSPS) is 13.0. The van der Waals surface area contributed by atoms with Gasteiger partial charge in [0.2, 0.25) is 0 Å². The molecule has 0 aliphatic carbocycles. The maximum atomic E-state index is 11.0. The molecular weight excluding hydrogens is 280 g/mol. The molecule has 0 bridgehead atoms. The minimum atomic E-state index is -4.83. The highest BCUT2D eigenvalue weighted by atomic mass is 31.2. The van der Waals surface area contributed by atoms with E-state index >= 15 is 0 Å². The Labute approximate surface area is 104 Å². The molecule has 0 aliphatic rings. The van der Waals surface area contributed by atoms with Crippen LogP contribution < -0.4 is 0 Å². The number of rotatable bonds is 5. The van der Waals surface area contributed by atoms with Crippen LogP contribution in [0.15, 0.2) is 18.3 Å². The van der Waals surface area contributed by atoms with E-state index in [4.69, 9.17) is 19.6 Å². The Morgan fingerprint density at radius 3 is 2.11 bits per heavy atom. The van der Waals surface area contributed by atoms with Gasteiger partial charge in [-0.25, -0.2) is 0 Å². The number of aromatic nitrogens is 1. The van der Waals surface area contributed by atoms with Gasteiger partial charge in [-0.05, 0) is 31.4 Å². The van der Waals surface area contributed by atoms with Crippen LogP contribution in [0.1, 0.15) is 17.7 Å². The van der Waals surface area contributed by atoms with Crippen molar-refractivity contribution in [3.05, 3.63) is 29.6 Å². The van der Waals surface area contributed by atoms with E-state index in [-0.39, 0.29) is 12.8 Å². The second-order valence-electron chi connectivity index (χ2n) is 4.02. The van der Waals surface area contributed by atoms with E-state index in [1.807, 2.05) is 6.92 Å². The van der Waals surface area contributed by atoms with Crippen LogP contribution in [0.2, 0.25) is 0 Å². The highest BCUT2D eigenvalue weighted by Crippen LogP contribution is 2.61. The van der Waals surface area contributed by atoms with Gasteiger partial charge in [-0.1, -0.05) is 6.07 Å². The van der Waals surface area contributed by atoms with Crippen molar-refractivity contribution in [1.29, 1.82) is 0 Å². The quantitative estimate of drug-likeness (QED) is 0.596. The van der Waals surface area contributed by atoms with Gasteiger partial charge in [0, 0.05) is 11.9 Å². The molecule has 0 fully saturated rings. The van der Waals surface area contributed by atoms with Gasteiger partial charge in [0.15, 0.2) is 5.40 Å². The first-order valence-electron chi connectivity index (χ1n) is 5.12. The first-order chi connectivity index (χ1) is 8.10. The first-order valence-corrected chi connectivity index (χ1v) is 8.49. The molecule has 1 aromatic heterocycles. The first kappa shape index (κ1) is 15.5. The largest absolute Gasteiger partial charge is 0.340 e. The zero-order chi connectivity index (χ0) is 14.0. The predicted molar refractivity (Wildman–Crippen MR) is 65.2 cm³/mol. The van der Waals surface area contributed by atoms with Gasteiger partial charge in [-0.2, -0.15) is 0 Å². The summed E-state index contributed by atoms with van der Waals surface area (Å²) in [6.45, 7) is 1.84. The van der Waals surface area contributed by atoms with E-state index in [0.717, 1.165) is 5.56 Å². The lowest BCUT2D eigenvalue weighted by atomic mass is 10.2. The summed E-state index contributed by atoms with van der Waals surface area (Å²) in [5.74, 6) is 0. The highest BCUT2D eigenvalue weighted by Gasteiger charge is 2.42. The molecule has 0 atom stereocenters. The third-order valence-electron chi connectivity index (χ3n) is 2.41. The lowest BCUT2D eigenvalue weighted by Crippen LogP contribution is -2.11. The fourth-order valence-electron chi connectivity index (χ4n) is 1.46. The van der Waals surface area contributed by atoms with Gasteiger partial charge in [-0.3, -0.25) is 14.1 Å². The van der Waals surface area contributed by atoms with Gasteiger partial charge >= 0.3 is 15.2 Å². The smallest absolute Gasteiger partial charge is 0.324 e. The second kappa shape index (κ2) is 5.61. The minimum absolute atomic E-state index is 0.0984. The van der Waals surface area contributed by atoms with Gasteiger partial charge in [0.25, 0.3) is 0 Å². The summed E-state index contributed by atoms with van der Waals surface area (Å²) in [4.78, 5) is 39.7. The molecule has 0 unspecified atom stereocenters. The van der Waals surface area contributed by atoms with Crippen molar-refractivity contribution in [2.75, 3.05) is 0 Å². The Kier molecular flexibility index (Phi) is 4.84. The fraction of sp³-hybridized carbons (Fsp3) is 0.444. The zero-order valence-electron chi connectivity index (χ0n) is 9.67. The highest BCUT2D eigenvalue weighted by molar-refractivity contribution is 7.70. The van der Waals surface area contributed by atoms with Crippen molar-refractivity contribution < 1.29 is 28.7 Å². The topological polar surface area (TPSA) is 128 Å². The van der Waals surface area contributed by atoms with Crippen LogP contribution in [-0.2, 0) is 15.6 Å². The van der Waals surface area contributed by atoms with E-state index < -0.39 is 20.6 Å². The molecule has 1 rings (SSSR count). The monoisotopic (exact) mass is 295 g/mol. The fourth-order valence-corrected chi connectivity index (χ4v) is 3.95. The van der Waals surface area contributed by atoms with Crippen LogP contribution in [0.3, 0.4) is 0 Å². The van der Waals surface area contributed by atoms with Gasteiger partial charge in [-0.15, -0.1) is 0 Å². The summed E-state index contributed by atoms with van der Waals surface area (Å²) in [6.07, 6.45) is 1.37. The average Bonchev–Trinajstić information content (AvgIpc) is 2.17. The number of nitrogens with zero attached hydrogens (tertiary/aromatic N) is 1. The third-order valence-corrected chi connectivity index (χ3v) is 6.28. The summed E-state index contributed by atoms with van der Waals surface area (Å²) >= 11 is 0. The molecule has 0 amide bonds. The van der Waals surface area contributed by atoms with Gasteiger partial charge < -0.3 is 19.6 Å². The van der Waals surface area contributed by atoms with E-state index in [1.54, 1.807) is 18.3 Å². The van der Waals surface area contributed by atoms with Crippen molar-refractivity contribution in [3.8, 4) is 0 Å². The van der Waals surface area contributed by atoms with Crippen molar-refractivity contribution >= 4 is 15.2 Å². The zero-order valence-corrected chi connectivity index (χ0v) is 11.5. The Morgan fingerprint density at radius 2 is 1.72 bits per heavy atom. The summed E-state index contributed by atoms with van der Waals surface area (Å²) in [5.41, 5.74) is 1.47. The van der Waals surface area contributed by atoms with Crippen molar-refractivity contribution in [2.24, 2.45) is 0 Å². The molecule has 0 saturated carbocycles. The van der Waals surface area contributed by atoms with Crippen molar-refractivity contribution in [3.63, 3.8) is 0 Å². The Balaban J connectivity index is 2.78. The lowest BCUT2D eigenvalue weighted by Gasteiger charge is -2.19. The van der Waals surface area contributed by atoms with Crippen LogP contribution in [0.4, 0.5) is 0 Å². The molecule has 0 saturated heterocycles. The summed E-state index contributed by atoms with van der Waals surface area (Å²) in [5, 5.41) is -1.96. The van der Waals surface area contributed by atoms with Crippen LogP contribution in [0.25, 0.3) is 0 Å². The van der Waals surface area contributed by atoms with Crippen LogP contribution in [0, 0.1) is 6.92 Å².